The molecular weight excluding hydrogens is 500 g/mol. The molecule has 2 aromatic carbocycles. The van der Waals surface area contributed by atoms with Crippen molar-refractivity contribution in [2.75, 3.05) is 13.1 Å². The van der Waals surface area contributed by atoms with Gasteiger partial charge in [-0.05, 0) is 29.8 Å². The smallest absolute Gasteiger partial charge is 0.490 e. The van der Waals surface area contributed by atoms with Crippen LogP contribution in [-0.2, 0) is 11.2 Å². The normalized spacial score (nSPS) is 23.6. The lowest BCUT2D eigenvalue weighted by molar-refractivity contribution is -0.274. The number of benzene rings is 2. The molecule has 4 rings (SSSR count). The summed E-state index contributed by atoms with van der Waals surface area (Å²) in [4.78, 5) is 25.8. The molecular formula is C25H26F4N2O6. The lowest BCUT2D eigenvalue weighted by Crippen LogP contribution is -2.49. The molecule has 2 atom stereocenters. The van der Waals surface area contributed by atoms with Crippen LogP contribution in [0.25, 0.3) is 0 Å². The minimum Gasteiger partial charge on any atom is -0.490 e. The highest BCUT2D eigenvalue weighted by Gasteiger charge is 2.35. The Bertz CT molecular complexity index is 1120. The number of primary amides is 1. The highest BCUT2D eigenvalue weighted by molar-refractivity contribution is 5.95. The van der Waals surface area contributed by atoms with Gasteiger partial charge in [-0.15, -0.1) is 13.2 Å². The maximum absolute atomic E-state index is 15.0. The number of amides is 2. The summed E-state index contributed by atoms with van der Waals surface area (Å²) in [6, 6.07) is 9.33. The summed E-state index contributed by atoms with van der Waals surface area (Å²) in [5.74, 6) is -1.08. The average molecular weight is 526 g/mol. The monoisotopic (exact) mass is 526 g/mol. The third kappa shape index (κ3) is 7.03. The number of hydrogen-bond acceptors (Lipinski definition) is 6. The van der Waals surface area contributed by atoms with Gasteiger partial charge in [0.05, 0.1) is 24.6 Å². The molecule has 1 saturated carbocycles. The lowest BCUT2D eigenvalue weighted by atomic mass is 9.92. The largest absolute Gasteiger partial charge is 0.573 e. The Kier molecular flexibility index (Phi) is 7.76. The van der Waals surface area contributed by atoms with Crippen molar-refractivity contribution in [2.45, 2.75) is 56.5 Å². The number of piperidine rings is 1. The second-order valence-corrected chi connectivity index (χ2v) is 9.06. The first kappa shape index (κ1) is 26.5. The van der Waals surface area contributed by atoms with Gasteiger partial charge in [0.1, 0.15) is 29.5 Å². The predicted molar refractivity (Wildman–Crippen MR) is 122 cm³/mol. The number of carbonyl (C=O) groups excluding carboxylic acids is 2. The van der Waals surface area contributed by atoms with Crippen molar-refractivity contribution in [1.29, 1.82) is 0 Å². The van der Waals surface area contributed by atoms with Gasteiger partial charge in [-0.2, -0.15) is 0 Å². The molecule has 0 spiro atoms. The lowest BCUT2D eigenvalue weighted by Gasteiger charge is -2.35. The van der Waals surface area contributed by atoms with Crippen molar-refractivity contribution in [3.05, 3.63) is 53.6 Å². The molecule has 12 heteroatoms. The fourth-order valence-corrected chi connectivity index (χ4v) is 4.20. The van der Waals surface area contributed by atoms with E-state index in [1.54, 1.807) is 6.07 Å². The van der Waals surface area contributed by atoms with Crippen LogP contribution in [0.5, 0.6) is 17.2 Å². The minimum atomic E-state index is -4.81. The molecule has 2 fully saturated rings. The number of ether oxygens (including phenoxy) is 3. The fourth-order valence-electron chi connectivity index (χ4n) is 4.20. The molecule has 3 N–H and O–H groups in total. The van der Waals surface area contributed by atoms with Gasteiger partial charge in [-0.25, -0.2) is 4.39 Å². The molecule has 0 aromatic heterocycles. The number of alkyl halides is 4. The number of aliphatic hydroxyl groups is 1. The molecule has 0 radical (unpaired) electrons. The van der Waals surface area contributed by atoms with Crippen molar-refractivity contribution in [2.24, 2.45) is 5.73 Å². The molecule has 200 valence electrons. The highest BCUT2D eigenvalue weighted by atomic mass is 19.4. The highest BCUT2D eigenvalue weighted by Crippen LogP contribution is 2.32. The van der Waals surface area contributed by atoms with Crippen molar-refractivity contribution >= 4 is 11.8 Å². The van der Waals surface area contributed by atoms with E-state index in [9.17, 15) is 27.9 Å². The van der Waals surface area contributed by atoms with Crippen LogP contribution in [0.3, 0.4) is 0 Å². The Morgan fingerprint density at radius 2 is 1.73 bits per heavy atom. The molecule has 1 aliphatic heterocycles. The third-order valence-corrected chi connectivity index (χ3v) is 6.22. The third-order valence-electron chi connectivity index (χ3n) is 6.22. The minimum absolute atomic E-state index is 0.0599. The second kappa shape index (κ2) is 10.8. The number of hydrogen-bond donors (Lipinski definition) is 2. The van der Waals surface area contributed by atoms with Crippen molar-refractivity contribution < 1.29 is 46.5 Å². The Balaban J connectivity index is 1.34. The number of halogens is 4. The van der Waals surface area contributed by atoms with E-state index in [-0.39, 0.29) is 49.3 Å². The van der Waals surface area contributed by atoms with Gasteiger partial charge in [-0.1, -0.05) is 12.1 Å². The molecule has 1 saturated heterocycles. The summed E-state index contributed by atoms with van der Waals surface area (Å²) in [6.07, 6.45) is -6.90. The molecule has 0 bridgehead atoms. The van der Waals surface area contributed by atoms with E-state index < -0.39 is 36.4 Å². The first-order chi connectivity index (χ1) is 17.5. The fraction of sp³-hybridized carbons (Fsp3) is 0.440. The van der Waals surface area contributed by atoms with Crippen LogP contribution in [0.4, 0.5) is 17.6 Å². The molecule has 2 amide bonds. The van der Waals surface area contributed by atoms with Crippen molar-refractivity contribution in [3.8, 4) is 17.2 Å². The van der Waals surface area contributed by atoms with Crippen LogP contribution in [0.15, 0.2) is 42.5 Å². The summed E-state index contributed by atoms with van der Waals surface area (Å²) < 4.78 is 67.3. The first-order valence-corrected chi connectivity index (χ1v) is 11.7. The van der Waals surface area contributed by atoms with Crippen LogP contribution in [-0.4, -0.2) is 65.8 Å². The van der Waals surface area contributed by atoms with Crippen LogP contribution in [0, 0.1) is 0 Å². The Labute approximate surface area is 209 Å². The molecule has 37 heavy (non-hydrogen) atoms. The maximum Gasteiger partial charge on any atom is 0.573 e. The summed E-state index contributed by atoms with van der Waals surface area (Å²) in [5.41, 5.74) is 5.95. The molecule has 2 aromatic rings. The predicted octanol–water partition coefficient (Wildman–Crippen LogP) is 3.15. The van der Waals surface area contributed by atoms with E-state index >= 15 is 4.39 Å². The zero-order valence-corrected chi connectivity index (χ0v) is 19.6. The van der Waals surface area contributed by atoms with Gasteiger partial charge in [0.25, 0.3) is 5.91 Å². The van der Waals surface area contributed by atoms with E-state index in [0.29, 0.717) is 24.2 Å². The van der Waals surface area contributed by atoms with Crippen molar-refractivity contribution in [3.63, 3.8) is 0 Å². The van der Waals surface area contributed by atoms with Crippen LogP contribution in [0.2, 0.25) is 0 Å². The average Bonchev–Trinajstić information content (AvgIpc) is 2.79. The number of likely N-dealkylation sites (tertiary alicyclic amines) is 1. The number of carbonyl (C=O) groups is 2. The maximum atomic E-state index is 15.0. The van der Waals surface area contributed by atoms with Gasteiger partial charge < -0.3 is 30.0 Å². The SMILES string of the molecule is NC(=O)c1ccc(OC2CC(O)C2)cc1O[C@@H]1CCN(C(=O)Cc2ccc(OC(F)(F)F)cc2)CC1F. The second-order valence-electron chi connectivity index (χ2n) is 9.06. The number of aliphatic hydroxyl groups excluding tert-OH is 1. The zero-order valence-electron chi connectivity index (χ0n) is 19.6. The van der Waals surface area contributed by atoms with Crippen LogP contribution in [0.1, 0.15) is 35.2 Å². The Morgan fingerprint density at radius 3 is 2.32 bits per heavy atom. The quantitative estimate of drug-likeness (QED) is 0.512. The van der Waals surface area contributed by atoms with E-state index in [1.165, 1.54) is 29.2 Å². The van der Waals surface area contributed by atoms with E-state index in [4.69, 9.17) is 15.2 Å². The van der Waals surface area contributed by atoms with Gasteiger partial charge in [0.15, 0.2) is 6.17 Å². The Morgan fingerprint density at radius 1 is 1.05 bits per heavy atom. The number of rotatable bonds is 8. The molecule has 1 heterocycles. The van der Waals surface area contributed by atoms with E-state index in [2.05, 4.69) is 4.74 Å². The summed E-state index contributed by atoms with van der Waals surface area (Å²) in [7, 11) is 0. The first-order valence-electron chi connectivity index (χ1n) is 11.7. The standard InChI is InChI=1S/C25H26F4N2O6/c26-20-13-31(23(33)9-14-1-3-16(4-2-14)37-25(27,28)29)8-7-21(20)36-22-12-17(5-6-19(22)24(30)34)35-18-10-15(32)11-18/h1-6,12,15,18,20-21,32H,7-11,13H2,(H2,30,34)/t15?,18?,20?,21-/m1/s1. The molecule has 8 nitrogen and oxygen atoms in total. The van der Waals surface area contributed by atoms with Crippen molar-refractivity contribution in [1.82, 2.24) is 4.90 Å². The molecule has 2 aliphatic rings. The van der Waals surface area contributed by atoms with Gasteiger partial charge in [-0.3, -0.25) is 9.59 Å². The summed E-state index contributed by atoms with van der Waals surface area (Å²) >= 11 is 0. The van der Waals surface area contributed by atoms with Crippen LogP contribution < -0.4 is 19.9 Å². The van der Waals surface area contributed by atoms with E-state index in [1.807, 2.05) is 0 Å². The molecule has 1 unspecified atom stereocenters. The Hall–Kier alpha value is -3.54. The zero-order chi connectivity index (χ0) is 26.7. The summed E-state index contributed by atoms with van der Waals surface area (Å²) in [6.45, 7) is -0.0674. The van der Waals surface area contributed by atoms with Crippen LogP contribution >= 0.6 is 0 Å². The van der Waals surface area contributed by atoms with Gasteiger partial charge in [0.2, 0.25) is 5.91 Å². The van der Waals surface area contributed by atoms with Gasteiger partial charge >= 0.3 is 6.36 Å². The topological polar surface area (TPSA) is 111 Å². The molecule has 1 aliphatic carbocycles. The summed E-state index contributed by atoms with van der Waals surface area (Å²) in [5, 5.41) is 9.43. The van der Waals surface area contributed by atoms with Gasteiger partial charge in [0, 0.05) is 31.9 Å². The number of nitrogens with zero attached hydrogens (tertiary/aromatic N) is 1. The van der Waals surface area contributed by atoms with E-state index in [0.717, 1.165) is 12.1 Å². The number of nitrogens with two attached hydrogens (primary N) is 1.